The highest BCUT2D eigenvalue weighted by molar-refractivity contribution is 5.66. The topological polar surface area (TPSA) is 37.3 Å². The van der Waals surface area contributed by atoms with Crippen molar-refractivity contribution in [3.05, 3.63) is 0 Å². The van der Waals surface area contributed by atoms with Crippen LogP contribution in [0.3, 0.4) is 0 Å². The predicted molar refractivity (Wildman–Crippen MR) is 50.0 cm³/mol. The summed E-state index contributed by atoms with van der Waals surface area (Å²) in [6.07, 6.45) is 0.276. The fourth-order valence-corrected chi connectivity index (χ4v) is 1.31. The molecule has 2 nitrogen and oxygen atoms in total. The molecule has 0 aromatic heterocycles. The van der Waals surface area contributed by atoms with E-state index in [9.17, 15) is 4.79 Å². The van der Waals surface area contributed by atoms with Gasteiger partial charge in [0.1, 0.15) is 0 Å². The number of carboxylic acid groups (broad SMARTS) is 1. The van der Waals surface area contributed by atoms with Gasteiger partial charge in [0.25, 0.3) is 0 Å². The summed E-state index contributed by atoms with van der Waals surface area (Å²) in [6, 6.07) is 0. The lowest BCUT2D eigenvalue weighted by Crippen LogP contribution is -2.25. The minimum Gasteiger partial charge on any atom is -0.481 e. The van der Waals surface area contributed by atoms with E-state index in [-0.39, 0.29) is 17.8 Å². The van der Waals surface area contributed by atoms with Gasteiger partial charge in [-0.2, -0.15) is 0 Å². The molecule has 0 fully saturated rings. The van der Waals surface area contributed by atoms with Crippen molar-refractivity contribution in [1.29, 1.82) is 0 Å². The normalized spacial score (nSPS) is 17.1. The van der Waals surface area contributed by atoms with E-state index in [4.69, 9.17) is 5.11 Å². The molecular formula is C10H20O2. The van der Waals surface area contributed by atoms with Crippen LogP contribution in [-0.4, -0.2) is 11.1 Å². The van der Waals surface area contributed by atoms with E-state index in [1.54, 1.807) is 0 Å². The van der Waals surface area contributed by atoms with Crippen LogP contribution in [0.1, 0.15) is 41.0 Å². The van der Waals surface area contributed by atoms with Crippen LogP contribution in [-0.2, 0) is 4.79 Å². The molecule has 2 unspecified atom stereocenters. The molecule has 1 N–H and O–H groups in total. The zero-order valence-corrected chi connectivity index (χ0v) is 8.72. The summed E-state index contributed by atoms with van der Waals surface area (Å²) in [7, 11) is 0. The summed E-state index contributed by atoms with van der Waals surface area (Å²) >= 11 is 0. The fraction of sp³-hybridized carbons (Fsp3) is 0.900. The maximum Gasteiger partial charge on any atom is 0.303 e. The van der Waals surface area contributed by atoms with Gasteiger partial charge in [-0.15, -0.1) is 0 Å². The molecule has 2 heteroatoms. The molecule has 0 aromatic carbocycles. The average molecular weight is 172 g/mol. The third-order valence-corrected chi connectivity index (χ3v) is 2.72. The largest absolute Gasteiger partial charge is 0.481 e. The lowest BCUT2D eigenvalue weighted by Gasteiger charge is -2.31. The SMILES string of the molecule is CC(CC(=O)O)C(C)C(C)(C)C. The molecule has 2 atom stereocenters. The Kier molecular flexibility index (Phi) is 3.75. The summed E-state index contributed by atoms with van der Waals surface area (Å²) in [5, 5.41) is 8.60. The molecule has 72 valence electrons. The molecule has 0 heterocycles. The quantitative estimate of drug-likeness (QED) is 0.710. The second-order valence-corrected chi connectivity index (χ2v) is 4.73. The minimum absolute atomic E-state index is 0.203. The van der Waals surface area contributed by atoms with Gasteiger partial charge in [-0.3, -0.25) is 4.79 Å². The third kappa shape index (κ3) is 3.74. The van der Waals surface area contributed by atoms with E-state index in [0.29, 0.717) is 5.92 Å². The second-order valence-electron chi connectivity index (χ2n) is 4.73. The van der Waals surface area contributed by atoms with E-state index in [2.05, 4.69) is 27.7 Å². The van der Waals surface area contributed by atoms with Crippen molar-refractivity contribution < 1.29 is 9.90 Å². The molecular weight excluding hydrogens is 152 g/mol. The monoisotopic (exact) mass is 172 g/mol. The molecule has 0 rings (SSSR count). The van der Waals surface area contributed by atoms with Gasteiger partial charge in [0.15, 0.2) is 0 Å². The van der Waals surface area contributed by atoms with Crippen LogP contribution in [0.5, 0.6) is 0 Å². The standard InChI is InChI=1S/C10H20O2/c1-7(6-9(11)12)8(2)10(3,4)5/h7-8H,6H2,1-5H3,(H,11,12). The third-order valence-electron chi connectivity index (χ3n) is 2.72. The lowest BCUT2D eigenvalue weighted by atomic mass is 9.74. The van der Waals surface area contributed by atoms with Crippen molar-refractivity contribution in [1.82, 2.24) is 0 Å². The van der Waals surface area contributed by atoms with E-state index >= 15 is 0 Å². The van der Waals surface area contributed by atoms with Gasteiger partial charge in [-0.05, 0) is 17.3 Å². The Hall–Kier alpha value is -0.530. The highest BCUT2D eigenvalue weighted by atomic mass is 16.4. The summed E-state index contributed by atoms with van der Waals surface area (Å²) < 4.78 is 0. The van der Waals surface area contributed by atoms with Crippen molar-refractivity contribution in [2.45, 2.75) is 41.0 Å². The molecule has 0 aliphatic rings. The molecule has 0 bridgehead atoms. The highest BCUT2D eigenvalue weighted by Crippen LogP contribution is 2.32. The first-order chi connectivity index (χ1) is 5.25. The Labute approximate surface area is 75.0 Å². The lowest BCUT2D eigenvalue weighted by molar-refractivity contribution is -0.138. The summed E-state index contributed by atoms with van der Waals surface area (Å²) in [4.78, 5) is 10.4. The van der Waals surface area contributed by atoms with Crippen LogP contribution in [0.15, 0.2) is 0 Å². The average Bonchev–Trinajstić information content (AvgIpc) is 1.82. The Morgan fingerprint density at radius 2 is 1.75 bits per heavy atom. The van der Waals surface area contributed by atoms with E-state index < -0.39 is 5.97 Å². The molecule has 0 aliphatic heterocycles. The van der Waals surface area contributed by atoms with Crippen LogP contribution in [0.25, 0.3) is 0 Å². The van der Waals surface area contributed by atoms with Gasteiger partial charge in [0, 0.05) is 6.42 Å². The van der Waals surface area contributed by atoms with Gasteiger partial charge in [-0.25, -0.2) is 0 Å². The first-order valence-electron chi connectivity index (χ1n) is 4.47. The molecule has 12 heavy (non-hydrogen) atoms. The smallest absolute Gasteiger partial charge is 0.303 e. The minimum atomic E-state index is -0.696. The number of carboxylic acids is 1. The van der Waals surface area contributed by atoms with Gasteiger partial charge < -0.3 is 5.11 Å². The van der Waals surface area contributed by atoms with Gasteiger partial charge in [0.2, 0.25) is 0 Å². The maximum atomic E-state index is 10.4. The Morgan fingerprint density at radius 3 is 2.00 bits per heavy atom. The van der Waals surface area contributed by atoms with Crippen molar-refractivity contribution in [2.75, 3.05) is 0 Å². The Balaban J connectivity index is 4.10. The van der Waals surface area contributed by atoms with Crippen molar-refractivity contribution in [2.24, 2.45) is 17.3 Å². The van der Waals surface area contributed by atoms with E-state index in [1.165, 1.54) is 0 Å². The number of hydrogen-bond donors (Lipinski definition) is 1. The zero-order chi connectivity index (χ0) is 9.94. The number of rotatable bonds is 3. The Bertz CT molecular complexity index is 156. The molecule has 0 radical (unpaired) electrons. The summed E-state index contributed by atoms with van der Waals surface area (Å²) in [5.41, 5.74) is 0.203. The van der Waals surface area contributed by atoms with E-state index in [1.807, 2.05) is 6.92 Å². The number of carbonyl (C=O) groups is 1. The highest BCUT2D eigenvalue weighted by Gasteiger charge is 2.26. The molecule has 0 saturated carbocycles. The molecule has 0 spiro atoms. The van der Waals surface area contributed by atoms with Gasteiger partial charge in [-0.1, -0.05) is 34.6 Å². The molecule has 0 aliphatic carbocycles. The Morgan fingerprint density at radius 1 is 1.33 bits per heavy atom. The van der Waals surface area contributed by atoms with Crippen LogP contribution in [0.4, 0.5) is 0 Å². The first-order valence-corrected chi connectivity index (χ1v) is 4.47. The van der Waals surface area contributed by atoms with Crippen molar-refractivity contribution in [3.8, 4) is 0 Å². The molecule has 0 saturated heterocycles. The summed E-state index contributed by atoms with van der Waals surface area (Å²) in [6.45, 7) is 10.6. The number of hydrogen-bond acceptors (Lipinski definition) is 1. The predicted octanol–water partition coefficient (Wildman–Crippen LogP) is 2.78. The van der Waals surface area contributed by atoms with Gasteiger partial charge in [0.05, 0.1) is 0 Å². The molecule has 0 amide bonds. The van der Waals surface area contributed by atoms with Crippen molar-refractivity contribution >= 4 is 5.97 Å². The van der Waals surface area contributed by atoms with Crippen LogP contribution in [0, 0.1) is 17.3 Å². The fourth-order valence-electron chi connectivity index (χ4n) is 1.31. The van der Waals surface area contributed by atoms with E-state index in [0.717, 1.165) is 0 Å². The number of aliphatic carboxylic acids is 1. The maximum absolute atomic E-state index is 10.4. The first kappa shape index (κ1) is 11.5. The summed E-state index contributed by atoms with van der Waals surface area (Å²) in [5.74, 6) is -0.00491. The zero-order valence-electron chi connectivity index (χ0n) is 8.72. The van der Waals surface area contributed by atoms with Gasteiger partial charge >= 0.3 is 5.97 Å². The van der Waals surface area contributed by atoms with Crippen LogP contribution < -0.4 is 0 Å². The van der Waals surface area contributed by atoms with Crippen molar-refractivity contribution in [3.63, 3.8) is 0 Å². The van der Waals surface area contributed by atoms with Crippen LogP contribution >= 0.6 is 0 Å². The second kappa shape index (κ2) is 3.92. The van der Waals surface area contributed by atoms with Crippen LogP contribution in [0.2, 0.25) is 0 Å². The molecule has 0 aromatic rings.